The zero-order valence-corrected chi connectivity index (χ0v) is 7.01. The zero-order valence-electron chi connectivity index (χ0n) is 6.11. The molecule has 0 aliphatic heterocycles. The third kappa shape index (κ3) is 1.69. The van der Waals surface area contributed by atoms with E-state index in [1.54, 1.807) is 6.07 Å². The van der Waals surface area contributed by atoms with Crippen molar-refractivity contribution in [1.29, 1.82) is 0 Å². The number of nitrogens with one attached hydrogen (secondary N) is 1. The molecule has 0 amide bonds. The number of carboxylic acids is 1. The number of aromatic carboxylic acids is 1. The van der Waals surface area contributed by atoms with Gasteiger partial charge in [0, 0.05) is 4.90 Å². The van der Waals surface area contributed by atoms with Crippen molar-refractivity contribution in [2.24, 2.45) is 5.84 Å². The topological polar surface area (TPSA) is 75.3 Å². The Balaban J connectivity index is 3.13. The number of nitrogens with two attached hydrogens (primary N) is 1. The van der Waals surface area contributed by atoms with Crippen LogP contribution in [0, 0.1) is 0 Å². The standard InChI is InChI=1S/C7H8N2O2S/c8-9-5-3-4(7(10)11)1-2-6(5)12/h1-3,9,12H,8H2,(H,10,11). The van der Waals surface area contributed by atoms with Crippen LogP contribution in [0.3, 0.4) is 0 Å². The van der Waals surface area contributed by atoms with Gasteiger partial charge in [0.15, 0.2) is 0 Å². The lowest BCUT2D eigenvalue weighted by Gasteiger charge is -2.03. The van der Waals surface area contributed by atoms with Gasteiger partial charge in [-0.15, -0.1) is 12.6 Å². The Morgan fingerprint density at radius 1 is 1.58 bits per heavy atom. The average molecular weight is 184 g/mol. The predicted octanol–water partition coefficient (Wildman–Crippen LogP) is 0.959. The van der Waals surface area contributed by atoms with Crippen LogP contribution in [0.1, 0.15) is 10.4 Å². The fourth-order valence-electron chi connectivity index (χ4n) is 0.785. The highest BCUT2D eigenvalue weighted by Crippen LogP contribution is 2.19. The molecule has 12 heavy (non-hydrogen) atoms. The number of carbonyl (C=O) groups is 1. The number of carboxylic acid groups (broad SMARTS) is 1. The van der Waals surface area contributed by atoms with Crippen molar-refractivity contribution in [2.75, 3.05) is 5.43 Å². The normalized spacial score (nSPS) is 9.50. The second-order valence-electron chi connectivity index (χ2n) is 2.18. The Morgan fingerprint density at radius 2 is 2.25 bits per heavy atom. The van der Waals surface area contributed by atoms with E-state index in [0.29, 0.717) is 10.6 Å². The molecule has 0 fully saturated rings. The quantitative estimate of drug-likeness (QED) is 0.314. The first-order chi connectivity index (χ1) is 5.65. The van der Waals surface area contributed by atoms with E-state index in [9.17, 15) is 4.79 Å². The molecule has 0 unspecified atom stereocenters. The number of thiol groups is 1. The molecule has 0 spiro atoms. The van der Waals surface area contributed by atoms with Gasteiger partial charge in [-0.2, -0.15) is 0 Å². The molecule has 0 aliphatic carbocycles. The molecule has 0 saturated carbocycles. The highest BCUT2D eigenvalue weighted by molar-refractivity contribution is 7.80. The van der Waals surface area contributed by atoms with Crippen molar-refractivity contribution in [3.63, 3.8) is 0 Å². The van der Waals surface area contributed by atoms with E-state index >= 15 is 0 Å². The molecule has 0 bridgehead atoms. The van der Waals surface area contributed by atoms with Crippen molar-refractivity contribution in [3.05, 3.63) is 23.8 Å². The molecule has 0 radical (unpaired) electrons. The smallest absolute Gasteiger partial charge is 0.335 e. The van der Waals surface area contributed by atoms with Crippen LogP contribution in [-0.4, -0.2) is 11.1 Å². The molecule has 5 heteroatoms. The first-order valence-corrected chi connectivity index (χ1v) is 3.63. The molecule has 0 saturated heterocycles. The minimum atomic E-state index is -0.986. The maximum absolute atomic E-state index is 10.5. The molecule has 1 aromatic carbocycles. The van der Waals surface area contributed by atoms with Crippen molar-refractivity contribution < 1.29 is 9.90 Å². The number of hydrogen-bond acceptors (Lipinski definition) is 4. The molecule has 0 aliphatic rings. The average Bonchev–Trinajstić information content (AvgIpc) is 2.05. The molecule has 1 aromatic rings. The maximum Gasteiger partial charge on any atom is 0.335 e. The largest absolute Gasteiger partial charge is 0.478 e. The third-order valence-corrected chi connectivity index (χ3v) is 1.79. The molecule has 4 N–H and O–H groups in total. The summed E-state index contributed by atoms with van der Waals surface area (Å²) in [6.45, 7) is 0. The lowest BCUT2D eigenvalue weighted by Crippen LogP contribution is -2.08. The first-order valence-electron chi connectivity index (χ1n) is 3.18. The van der Waals surface area contributed by atoms with Crippen molar-refractivity contribution in [1.82, 2.24) is 0 Å². The Morgan fingerprint density at radius 3 is 2.75 bits per heavy atom. The van der Waals surface area contributed by atoms with E-state index in [1.807, 2.05) is 0 Å². The van der Waals surface area contributed by atoms with E-state index in [4.69, 9.17) is 10.9 Å². The molecule has 0 heterocycles. The van der Waals surface area contributed by atoms with Crippen LogP contribution in [0.15, 0.2) is 23.1 Å². The highest BCUT2D eigenvalue weighted by Gasteiger charge is 2.04. The summed E-state index contributed by atoms with van der Waals surface area (Å²) < 4.78 is 0. The number of anilines is 1. The van der Waals surface area contributed by atoms with Gasteiger partial charge in [-0.05, 0) is 18.2 Å². The first kappa shape index (κ1) is 8.89. The molecule has 1 rings (SSSR count). The Bertz CT molecular complexity index is 314. The Hall–Kier alpha value is -1.20. The van der Waals surface area contributed by atoms with Crippen molar-refractivity contribution in [3.8, 4) is 0 Å². The molecule has 64 valence electrons. The lowest BCUT2D eigenvalue weighted by molar-refractivity contribution is 0.0697. The van der Waals surface area contributed by atoms with E-state index in [0.717, 1.165) is 0 Å². The molecule has 0 aromatic heterocycles. The number of rotatable bonds is 2. The van der Waals surface area contributed by atoms with Gasteiger partial charge in [0.2, 0.25) is 0 Å². The SMILES string of the molecule is NNc1cc(C(=O)O)ccc1S. The van der Waals surface area contributed by atoms with E-state index < -0.39 is 5.97 Å². The van der Waals surface area contributed by atoms with Crippen molar-refractivity contribution in [2.45, 2.75) is 4.90 Å². The van der Waals surface area contributed by atoms with Crippen LogP contribution in [0.5, 0.6) is 0 Å². The Kier molecular flexibility index (Phi) is 2.57. The van der Waals surface area contributed by atoms with E-state index in [-0.39, 0.29) is 5.56 Å². The van der Waals surface area contributed by atoms with E-state index in [1.165, 1.54) is 12.1 Å². The summed E-state index contributed by atoms with van der Waals surface area (Å²) in [7, 11) is 0. The van der Waals surface area contributed by atoms with Gasteiger partial charge in [0.25, 0.3) is 0 Å². The number of hydrogen-bond donors (Lipinski definition) is 4. The highest BCUT2D eigenvalue weighted by atomic mass is 32.1. The minimum absolute atomic E-state index is 0.181. The molecular weight excluding hydrogens is 176 g/mol. The number of benzene rings is 1. The van der Waals surface area contributed by atoms with E-state index in [2.05, 4.69) is 18.1 Å². The minimum Gasteiger partial charge on any atom is -0.478 e. The number of hydrazine groups is 1. The van der Waals surface area contributed by atoms with Crippen LogP contribution in [0.25, 0.3) is 0 Å². The fraction of sp³-hybridized carbons (Fsp3) is 0. The predicted molar refractivity (Wildman–Crippen MR) is 48.5 cm³/mol. The van der Waals surface area contributed by atoms with Gasteiger partial charge >= 0.3 is 5.97 Å². The van der Waals surface area contributed by atoms with Crippen LogP contribution in [0.2, 0.25) is 0 Å². The van der Waals surface area contributed by atoms with Gasteiger partial charge in [-0.25, -0.2) is 4.79 Å². The van der Waals surface area contributed by atoms with Gasteiger partial charge in [-0.3, -0.25) is 5.84 Å². The Labute approximate surface area is 74.8 Å². The zero-order chi connectivity index (χ0) is 9.14. The van der Waals surface area contributed by atoms with Crippen molar-refractivity contribution >= 4 is 24.3 Å². The summed E-state index contributed by atoms with van der Waals surface area (Å²) in [4.78, 5) is 11.1. The van der Waals surface area contributed by atoms with Gasteiger partial charge in [-0.1, -0.05) is 0 Å². The summed E-state index contributed by atoms with van der Waals surface area (Å²) in [5.74, 6) is 4.14. The van der Waals surface area contributed by atoms with Gasteiger partial charge < -0.3 is 10.5 Å². The second-order valence-corrected chi connectivity index (χ2v) is 2.66. The van der Waals surface area contributed by atoms with Crippen LogP contribution < -0.4 is 11.3 Å². The van der Waals surface area contributed by atoms with Crippen LogP contribution in [-0.2, 0) is 0 Å². The molecular formula is C7H8N2O2S. The summed E-state index contributed by atoms with van der Waals surface area (Å²) in [5.41, 5.74) is 3.03. The summed E-state index contributed by atoms with van der Waals surface area (Å²) >= 11 is 4.06. The monoisotopic (exact) mass is 184 g/mol. The maximum atomic E-state index is 10.5. The van der Waals surface area contributed by atoms with Gasteiger partial charge in [0.1, 0.15) is 0 Å². The third-order valence-electron chi connectivity index (χ3n) is 1.40. The summed E-state index contributed by atoms with van der Waals surface area (Å²) in [6, 6.07) is 4.46. The lowest BCUT2D eigenvalue weighted by atomic mass is 10.2. The molecule has 0 atom stereocenters. The summed E-state index contributed by atoms with van der Waals surface area (Å²) in [5, 5.41) is 8.60. The van der Waals surface area contributed by atoms with Crippen LogP contribution >= 0.6 is 12.6 Å². The summed E-state index contributed by atoms with van der Waals surface area (Å²) in [6.07, 6.45) is 0. The molecule has 4 nitrogen and oxygen atoms in total. The van der Waals surface area contributed by atoms with Gasteiger partial charge in [0.05, 0.1) is 11.3 Å². The second kappa shape index (κ2) is 3.46. The number of nitrogen functional groups attached to an aromatic ring is 1. The fourth-order valence-corrected chi connectivity index (χ4v) is 0.988. The van der Waals surface area contributed by atoms with Crippen LogP contribution in [0.4, 0.5) is 5.69 Å².